The zero-order chi connectivity index (χ0) is 15.1. The number of hydrogen-bond acceptors (Lipinski definition) is 4. The quantitative estimate of drug-likeness (QED) is 0.782. The highest BCUT2D eigenvalue weighted by Gasteiger charge is 2.17. The summed E-state index contributed by atoms with van der Waals surface area (Å²) in [5.74, 6) is -0.199. The van der Waals surface area contributed by atoms with Crippen molar-refractivity contribution >= 4 is 21.8 Å². The average Bonchev–Trinajstić information content (AvgIpc) is 2.51. The Morgan fingerprint density at radius 2 is 2.19 bits per heavy atom. The first kappa shape index (κ1) is 15.1. The Balaban J connectivity index is 2.19. The maximum absolute atomic E-state index is 12.5. The predicted octanol–water partition coefficient (Wildman–Crippen LogP) is 2.80. The van der Waals surface area contributed by atoms with Crippen LogP contribution < -0.4 is 0 Å². The Bertz CT molecular complexity index is 654. The van der Waals surface area contributed by atoms with Gasteiger partial charge in [0.15, 0.2) is 0 Å². The van der Waals surface area contributed by atoms with E-state index in [1.165, 1.54) is 0 Å². The third-order valence-corrected chi connectivity index (χ3v) is 3.25. The standard InChI is InChI=1S/C15H13BrN4O/c16-14-6-1-5-13(19-14)15(21)20(9-3-7-17)11-12-4-2-8-18-10-12/h1-2,4-6,8,10H,3,9,11H2. The Morgan fingerprint density at radius 3 is 2.86 bits per heavy atom. The van der Waals surface area contributed by atoms with Gasteiger partial charge < -0.3 is 4.90 Å². The van der Waals surface area contributed by atoms with Crippen molar-refractivity contribution in [3.63, 3.8) is 0 Å². The molecule has 0 aromatic carbocycles. The van der Waals surface area contributed by atoms with Gasteiger partial charge in [0.1, 0.15) is 10.3 Å². The SMILES string of the molecule is N#CCCN(Cc1cccnc1)C(=O)c1cccc(Br)n1. The Labute approximate surface area is 131 Å². The van der Waals surface area contributed by atoms with Crippen LogP contribution in [-0.4, -0.2) is 27.3 Å². The zero-order valence-corrected chi connectivity index (χ0v) is 12.8. The van der Waals surface area contributed by atoms with Crippen LogP contribution in [0, 0.1) is 11.3 Å². The number of carbonyl (C=O) groups is 1. The molecule has 2 aromatic rings. The third-order valence-electron chi connectivity index (χ3n) is 2.81. The van der Waals surface area contributed by atoms with Crippen LogP contribution in [0.4, 0.5) is 0 Å². The highest BCUT2D eigenvalue weighted by atomic mass is 79.9. The van der Waals surface area contributed by atoms with E-state index in [0.717, 1.165) is 5.56 Å². The van der Waals surface area contributed by atoms with Crippen LogP contribution in [0.3, 0.4) is 0 Å². The Kier molecular flexibility index (Phi) is 5.41. The number of pyridine rings is 2. The lowest BCUT2D eigenvalue weighted by Gasteiger charge is -2.21. The Morgan fingerprint density at radius 1 is 1.33 bits per heavy atom. The number of nitrogens with zero attached hydrogens (tertiary/aromatic N) is 4. The first-order chi connectivity index (χ1) is 10.2. The lowest BCUT2D eigenvalue weighted by molar-refractivity contribution is 0.0740. The molecule has 106 valence electrons. The number of rotatable bonds is 5. The highest BCUT2D eigenvalue weighted by molar-refractivity contribution is 9.10. The van der Waals surface area contributed by atoms with E-state index in [-0.39, 0.29) is 12.3 Å². The van der Waals surface area contributed by atoms with Crippen molar-refractivity contribution in [1.82, 2.24) is 14.9 Å². The predicted molar refractivity (Wildman–Crippen MR) is 81.1 cm³/mol. The normalized spacial score (nSPS) is 9.90. The van der Waals surface area contributed by atoms with Crippen LogP contribution in [0.2, 0.25) is 0 Å². The minimum atomic E-state index is -0.199. The fraction of sp³-hybridized carbons (Fsp3) is 0.200. The fourth-order valence-corrected chi connectivity index (χ4v) is 2.18. The molecule has 0 radical (unpaired) electrons. The third kappa shape index (κ3) is 4.36. The van der Waals surface area contributed by atoms with E-state index in [4.69, 9.17) is 5.26 Å². The van der Waals surface area contributed by atoms with Crippen molar-refractivity contribution in [3.8, 4) is 6.07 Å². The minimum Gasteiger partial charge on any atom is -0.332 e. The van der Waals surface area contributed by atoms with Crippen molar-refractivity contribution in [2.45, 2.75) is 13.0 Å². The molecule has 2 aromatic heterocycles. The van der Waals surface area contributed by atoms with Gasteiger partial charge in [-0.3, -0.25) is 9.78 Å². The topological polar surface area (TPSA) is 69.9 Å². The van der Waals surface area contributed by atoms with Crippen LogP contribution in [-0.2, 0) is 6.54 Å². The van der Waals surface area contributed by atoms with Crippen molar-refractivity contribution in [1.29, 1.82) is 5.26 Å². The molecule has 0 spiro atoms. The van der Waals surface area contributed by atoms with Gasteiger partial charge in [0, 0.05) is 25.5 Å². The van der Waals surface area contributed by atoms with Crippen molar-refractivity contribution in [2.75, 3.05) is 6.54 Å². The summed E-state index contributed by atoms with van der Waals surface area (Å²) in [6.45, 7) is 0.765. The second-order valence-corrected chi connectivity index (χ2v) is 5.15. The van der Waals surface area contributed by atoms with Crippen molar-refractivity contribution in [2.24, 2.45) is 0 Å². The van der Waals surface area contributed by atoms with Gasteiger partial charge in [-0.05, 0) is 39.7 Å². The molecular weight excluding hydrogens is 332 g/mol. The van der Waals surface area contributed by atoms with E-state index in [1.807, 2.05) is 12.1 Å². The van der Waals surface area contributed by atoms with Crippen molar-refractivity contribution < 1.29 is 4.79 Å². The zero-order valence-electron chi connectivity index (χ0n) is 11.2. The van der Waals surface area contributed by atoms with E-state index < -0.39 is 0 Å². The molecule has 0 saturated heterocycles. The van der Waals surface area contributed by atoms with Gasteiger partial charge in [-0.25, -0.2) is 4.98 Å². The summed E-state index contributed by atoms with van der Waals surface area (Å²) in [6.07, 6.45) is 3.67. The number of carbonyl (C=O) groups excluding carboxylic acids is 1. The lowest BCUT2D eigenvalue weighted by Crippen LogP contribution is -2.32. The molecule has 0 saturated carbocycles. The first-order valence-corrected chi connectivity index (χ1v) is 7.17. The molecule has 0 aliphatic carbocycles. The van der Waals surface area contributed by atoms with Gasteiger partial charge >= 0.3 is 0 Å². The summed E-state index contributed by atoms with van der Waals surface area (Å²) in [6, 6.07) is 11.0. The second kappa shape index (κ2) is 7.50. The number of halogens is 1. The van der Waals surface area contributed by atoms with Gasteiger partial charge in [0.05, 0.1) is 12.5 Å². The molecule has 21 heavy (non-hydrogen) atoms. The molecule has 0 N–H and O–H groups in total. The molecule has 0 fully saturated rings. The van der Waals surface area contributed by atoms with E-state index in [9.17, 15) is 4.79 Å². The van der Waals surface area contributed by atoms with Crippen LogP contribution >= 0.6 is 15.9 Å². The lowest BCUT2D eigenvalue weighted by atomic mass is 10.2. The maximum Gasteiger partial charge on any atom is 0.272 e. The van der Waals surface area contributed by atoms with Gasteiger partial charge in [0.25, 0.3) is 5.91 Å². The van der Waals surface area contributed by atoms with E-state index in [1.54, 1.807) is 35.5 Å². The number of aromatic nitrogens is 2. The molecule has 0 aliphatic rings. The molecular formula is C15H13BrN4O. The molecule has 5 nitrogen and oxygen atoms in total. The van der Waals surface area contributed by atoms with E-state index in [0.29, 0.717) is 23.4 Å². The largest absolute Gasteiger partial charge is 0.332 e. The molecule has 0 atom stereocenters. The van der Waals surface area contributed by atoms with Gasteiger partial charge in [-0.2, -0.15) is 5.26 Å². The number of amides is 1. The molecule has 2 heterocycles. The summed E-state index contributed by atoms with van der Waals surface area (Å²) in [5.41, 5.74) is 1.27. The second-order valence-electron chi connectivity index (χ2n) is 4.34. The summed E-state index contributed by atoms with van der Waals surface area (Å²) in [4.78, 5) is 22.3. The van der Waals surface area contributed by atoms with Crippen LogP contribution in [0.25, 0.3) is 0 Å². The van der Waals surface area contributed by atoms with Gasteiger partial charge in [-0.15, -0.1) is 0 Å². The first-order valence-electron chi connectivity index (χ1n) is 6.38. The van der Waals surface area contributed by atoms with Gasteiger partial charge in [-0.1, -0.05) is 12.1 Å². The smallest absolute Gasteiger partial charge is 0.272 e. The highest BCUT2D eigenvalue weighted by Crippen LogP contribution is 2.11. The minimum absolute atomic E-state index is 0.199. The van der Waals surface area contributed by atoms with Gasteiger partial charge in [0.2, 0.25) is 0 Å². The monoisotopic (exact) mass is 344 g/mol. The molecule has 1 amide bonds. The van der Waals surface area contributed by atoms with Crippen LogP contribution in [0.15, 0.2) is 47.3 Å². The molecule has 0 unspecified atom stereocenters. The molecule has 6 heteroatoms. The van der Waals surface area contributed by atoms with E-state index in [2.05, 4.69) is 32.0 Å². The summed E-state index contributed by atoms with van der Waals surface area (Å²) < 4.78 is 0.606. The fourth-order valence-electron chi connectivity index (χ4n) is 1.84. The summed E-state index contributed by atoms with van der Waals surface area (Å²) >= 11 is 3.25. The maximum atomic E-state index is 12.5. The summed E-state index contributed by atoms with van der Waals surface area (Å²) in [7, 11) is 0. The number of hydrogen-bond donors (Lipinski definition) is 0. The van der Waals surface area contributed by atoms with Crippen molar-refractivity contribution in [3.05, 3.63) is 58.6 Å². The van der Waals surface area contributed by atoms with Crippen LogP contribution in [0.5, 0.6) is 0 Å². The van der Waals surface area contributed by atoms with E-state index >= 15 is 0 Å². The molecule has 0 aliphatic heterocycles. The Hall–Kier alpha value is -2.26. The average molecular weight is 345 g/mol. The molecule has 2 rings (SSSR count). The summed E-state index contributed by atoms with van der Waals surface area (Å²) in [5, 5.41) is 8.75. The van der Waals surface area contributed by atoms with Crippen LogP contribution in [0.1, 0.15) is 22.5 Å². The molecule has 0 bridgehead atoms. The number of nitriles is 1.